The average Bonchev–Trinajstić information content (AvgIpc) is 2.14. The molecule has 86 valence electrons. The van der Waals surface area contributed by atoms with Crippen molar-refractivity contribution in [2.24, 2.45) is 4.99 Å². The fourth-order valence-corrected chi connectivity index (χ4v) is 2.05. The fraction of sp³-hybridized carbons (Fsp3) is 0.250. The molecule has 1 aliphatic heterocycles. The van der Waals surface area contributed by atoms with Gasteiger partial charge in [-0.05, 0) is 6.08 Å². The summed E-state index contributed by atoms with van der Waals surface area (Å²) in [4.78, 5) is 15.1. The molecule has 0 aromatic rings. The molecule has 1 amide bonds. The number of hydrogen-bond donors (Lipinski definition) is 1. The summed E-state index contributed by atoms with van der Waals surface area (Å²) in [6.45, 7) is 0. The molecule has 1 aliphatic carbocycles. The molecular formula is C8H3BrCl2F2N2O. The van der Waals surface area contributed by atoms with Crippen LogP contribution in [-0.2, 0) is 4.79 Å². The topological polar surface area (TPSA) is 41.5 Å². The molecule has 0 radical (unpaired) electrons. The van der Waals surface area contributed by atoms with Gasteiger partial charge in [-0.25, -0.2) is 13.8 Å². The third-order valence-corrected chi connectivity index (χ3v) is 3.62. The minimum Gasteiger partial charge on any atom is -0.317 e. The van der Waals surface area contributed by atoms with Gasteiger partial charge in [0.25, 0.3) is 11.0 Å². The monoisotopic (exact) mass is 330 g/mol. The molecule has 0 fully saturated rings. The van der Waals surface area contributed by atoms with Gasteiger partial charge < -0.3 is 5.32 Å². The van der Waals surface area contributed by atoms with E-state index in [9.17, 15) is 13.6 Å². The van der Waals surface area contributed by atoms with Crippen LogP contribution in [0.5, 0.6) is 0 Å². The SMILES string of the molecule is O=C1NC(Cl)N=C2C=C(Br)C(F)(Cl)C(F)=C12. The van der Waals surface area contributed by atoms with Crippen LogP contribution in [0.2, 0.25) is 0 Å². The van der Waals surface area contributed by atoms with E-state index in [1.807, 2.05) is 0 Å². The number of amides is 1. The van der Waals surface area contributed by atoms with Crippen molar-refractivity contribution in [3.05, 3.63) is 22.0 Å². The van der Waals surface area contributed by atoms with Crippen molar-refractivity contribution in [2.75, 3.05) is 0 Å². The molecule has 0 bridgehead atoms. The summed E-state index contributed by atoms with van der Waals surface area (Å²) in [6.07, 6.45) is 1.12. The second kappa shape index (κ2) is 3.78. The van der Waals surface area contributed by atoms with E-state index >= 15 is 0 Å². The van der Waals surface area contributed by atoms with E-state index < -0.39 is 28.1 Å². The van der Waals surface area contributed by atoms with Gasteiger partial charge >= 0.3 is 0 Å². The summed E-state index contributed by atoms with van der Waals surface area (Å²) in [5.41, 5.74) is -1.57. The molecule has 0 saturated heterocycles. The smallest absolute Gasteiger partial charge is 0.267 e. The van der Waals surface area contributed by atoms with Crippen molar-refractivity contribution < 1.29 is 13.6 Å². The van der Waals surface area contributed by atoms with E-state index in [0.717, 1.165) is 6.08 Å². The lowest BCUT2D eigenvalue weighted by Gasteiger charge is -2.27. The largest absolute Gasteiger partial charge is 0.317 e. The van der Waals surface area contributed by atoms with E-state index in [1.165, 1.54) is 0 Å². The quantitative estimate of drug-likeness (QED) is 0.538. The van der Waals surface area contributed by atoms with Crippen molar-refractivity contribution in [3.8, 4) is 0 Å². The molecular weight excluding hydrogens is 329 g/mol. The molecule has 0 aromatic heterocycles. The van der Waals surface area contributed by atoms with Crippen LogP contribution in [0.4, 0.5) is 8.78 Å². The first-order valence-electron chi connectivity index (χ1n) is 4.03. The summed E-state index contributed by atoms with van der Waals surface area (Å²) in [6, 6.07) is 0. The summed E-state index contributed by atoms with van der Waals surface area (Å²) >= 11 is 13.7. The third kappa shape index (κ3) is 1.69. The zero-order valence-electron chi connectivity index (χ0n) is 7.40. The number of fused-ring (bicyclic) bond motifs is 1. The van der Waals surface area contributed by atoms with Crippen LogP contribution in [0.15, 0.2) is 27.0 Å². The van der Waals surface area contributed by atoms with Gasteiger partial charge in [0.1, 0.15) is 5.57 Å². The Balaban J connectivity index is 2.64. The van der Waals surface area contributed by atoms with Crippen LogP contribution in [0.25, 0.3) is 0 Å². The van der Waals surface area contributed by atoms with Crippen molar-refractivity contribution in [1.29, 1.82) is 0 Å². The van der Waals surface area contributed by atoms with E-state index in [-0.39, 0.29) is 10.2 Å². The van der Waals surface area contributed by atoms with Gasteiger partial charge in [0.2, 0.25) is 0 Å². The highest BCUT2D eigenvalue weighted by Crippen LogP contribution is 2.44. The first-order valence-corrected chi connectivity index (χ1v) is 5.63. The van der Waals surface area contributed by atoms with Crippen LogP contribution < -0.4 is 5.32 Å². The van der Waals surface area contributed by atoms with Crippen LogP contribution in [-0.4, -0.2) is 22.4 Å². The van der Waals surface area contributed by atoms with Gasteiger partial charge in [0.15, 0.2) is 11.5 Å². The second-order valence-corrected chi connectivity index (χ2v) is 4.87. The van der Waals surface area contributed by atoms with E-state index in [1.54, 1.807) is 0 Å². The minimum absolute atomic E-state index is 0.0398. The average molecular weight is 332 g/mol. The normalized spacial score (nSPS) is 34.1. The molecule has 2 aliphatic rings. The van der Waals surface area contributed by atoms with E-state index in [2.05, 4.69) is 26.2 Å². The van der Waals surface area contributed by atoms with Crippen molar-refractivity contribution in [2.45, 2.75) is 10.8 Å². The molecule has 3 nitrogen and oxygen atoms in total. The number of carbonyl (C=O) groups excluding carboxylic acids is 1. The first kappa shape index (κ1) is 12.0. The first-order chi connectivity index (χ1) is 7.34. The number of halogens is 5. The Bertz CT molecular complexity index is 473. The van der Waals surface area contributed by atoms with Crippen molar-refractivity contribution >= 4 is 50.8 Å². The molecule has 2 unspecified atom stereocenters. The van der Waals surface area contributed by atoms with Crippen LogP contribution in [0.1, 0.15) is 0 Å². The third-order valence-electron chi connectivity index (χ3n) is 2.04. The lowest BCUT2D eigenvalue weighted by atomic mass is 9.99. The number of aliphatic imine (C=N–C) groups is 1. The van der Waals surface area contributed by atoms with Gasteiger partial charge in [-0.1, -0.05) is 39.1 Å². The number of rotatable bonds is 0. The lowest BCUT2D eigenvalue weighted by molar-refractivity contribution is -0.117. The minimum atomic E-state index is -2.87. The predicted molar refractivity (Wildman–Crippen MR) is 60.1 cm³/mol. The van der Waals surface area contributed by atoms with Gasteiger partial charge in [-0.2, -0.15) is 0 Å². The maximum absolute atomic E-state index is 13.6. The second-order valence-electron chi connectivity index (χ2n) is 3.08. The molecule has 1 heterocycles. The number of nitrogens with one attached hydrogen (secondary N) is 1. The zero-order chi connectivity index (χ0) is 12.1. The van der Waals surface area contributed by atoms with Gasteiger partial charge in [-0.15, -0.1) is 0 Å². The fourth-order valence-electron chi connectivity index (χ4n) is 1.31. The molecule has 0 aromatic carbocycles. The van der Waals surface area contributed by atoms with Crippen LogP contribution >= 0.6 is 39.1 Å². The number of allylic oxidation sites excluding steroid dienone is 3. The Morgan fingerprint density at radius 3 is 2.88 bits per heavy atom. The Labute approximate surface area is 107 Å². The molecule has 2 rings (SSSR count). The summed E-state index contributed by atoms with van der Waals surface area (Å²) in [5.74, 6) is -2.25. The van der Waals surface area contributed by atoms with Gasteiger partial charge in [0.05, 0.1) is 10.2 Å². The maximum atomic E-state index is 13.6. The standard InChI is InChI=1S/C8H3BrCl2F2N2O/c9-3-1-2-4(5(12)8(3,11)13)6(16)15-7(10)14-2/h1,7H,(H,15,16). The Morgan fingerprint density at radius 2 is 2.25 bits per heavy atom. The van der Waals surface area contributed by atoms with Crippen molar-refractivity contribution in [1.82, 2.24) is 5.32 Å². The van der Waals surface area contributed by atoms with E-state index in [0.29, 0.717) is 0 Å². The Hall–Kier alpha value is -0.460. The predicted octanol–water partition coefficient (Wildman–Crippen LogP) is 2.50. The summed E-state index contributed by atoms with van der Waals surface area (Å²) in [7, 11) is 0. The lowest BCUT2D eigenvalue weighted by Crippen LogP contribution is -2.42. The van der Waals surface area contributed by atoms with Crippen LogP contribution in [0, 0.1) is 0 Å². The number of hydrogen-bond acceptors (Lipinski definition) is 2. The Kier molecular flexibility index (Phi) is 2.84. The highest BCUT2D eigenvalue weighted by atomic mass is 79.9. The van der Waals surface area contributed by atoms with Gasteiger partial charge in [-0.3, -0.25) is 4.79 Å². The molecule has 0 saturated carbocycles. The number of alkyl halides is 3. The Morgan fingerprint density at radius 1 is 1.62 bits per heavy atom. The van der Waals surface area contributed by atoms with Gasteiger partial charge in [0, 0.05) is 0 Å². The molecule has 0 spiro atoms. The zero-order valence-corrected chi connectivity index (χ0v) is 10.5. The molecule has 2 atom stereocenters. The highest BCUT2D eigenvalue weighted by Gasteiger charge is 2.45. The number of nitrogens with zero attached hydrogens (tertiary/aromatic N) is 1. The van der Waals surface area contributed by atoms with Crippen LogP contribution in [0.3, 0.4) is 0 Å². The molecule has 16 heavy (non-hydrogen) atoms. The highest BCUT2D eigenvalue weighted by molar-refractivity contribution is 9.11. The maximum Gasteiger partial charge on any atom is 0.267 e. The number of carbonyl (C=O) groups is 1. The molecule has 1 N–H and O–H groups in total. The van der Waals surface area contributed by atoms with Crippen molar-refractivity contribution in [3.63, 3.8) is 0 Å². The summed E-state index contributed by atoms with van der Waals surface area (Å²) in [5, 5.41) is -0.737. The summed E-state index contributed by atoms with van der Waals surface area (Å²) < 4.78 is 27.0. The molecule has 8 heteroatoms. The van der Waals surface area contributed by atoms with E-state index in [4.69, 9.17) is 23.2 Å².